The third-order valence-corrected chi connectivity index (χ3v) is 4.14. The first kappa shape index (κ1) is 16.6. The van der Waals surface area contributed by atoms with Gasteiger partial charge in [-0.15, -0.1) is 5.10 Å². The summed E-state index contributed by atoms with van der Waals surface area (Å²) in [5.41, 5.74) is 2.42. The van der Waals surface area contributed by atoms with Crippen LogP contribution >= 0.6 is 0 Å². The maximum absolute atomic E-state index is 5.95. The molecule has 0 atom stereocenters. The second-order valence-corrected chi connectivity index (χ2v) is 6.54. The summed E-state index contributed by atoms with van der Waals surface area (Å²) in [5.74, 6) is 1.32. The topological polar surface area (TPSA) is 64.6 Å². The number of aromatic nitrogens is 3. The second kappa shape index (κ2) is 7.17. The number of hydrogen-bond donors (Lipinski definition) is 1. The number of benzene rings is 1. The molecule has 0 bridgehead atoms. The fraction of sp³-hybridized carbons (Fsp3) is 0.300. The van der Waals surface area contributed by atoms with Crippen LogP contribution in [0.2, 0.25) is 0 Å². The minimum atomic E-state index is 0.488. The van der Waals surface area contributed by atoms with Crippen LogP contribution in [0.4, 0.5) is 0 Å². The lowest BCUT2D eigenvalue weighted by Crippen LogP contribution is -2.24. The smallest absolute Gasteiger partial charge is 0.231 e. The predicted molar refractivity (Wildman–Crippen MR) is 101 cm³/mol. The maximum atomic E-state index is 5.95. The fourth-order valence-corrected chi connectivity index (χ4v) is 2.85. The minimum Gasteiger partial charge on any atom is -0.477 e. The molecule has 0 aliphatic heterocycles. The average molecular weight is 350 g/mol. The molecule has 0 saturated carbocycles. The van der Waals surface area contributed by atoms with Crippen LogP contribution in [0.3, 0.4) is 0 Å². The van der Waals surface area contributed by atoms with Gasteiger partial charge in [0.2, 0.25) is 5.88 Å². The Hall–Kier alpha value is -2.86. The molecular formula is C20H22N4O2. The van der Waals surface area contributed by atoms with Gasteiger partial charge in [-0.1, -0.05) is 32.0 Å². The molecule has 4 rings (SSSR count). The Labute approximate surface area is 151 Å². The fourth-order valence-electron chi connectivity index (χ4n) is 2.85. The Morgan fingerprint density at radius 3 is 2.92 bits per heavy atom. The van der Waals surface area contributed by atoms with E-state index in [0.717, 1.165) is 41.0 Å². The van der Waals surface area contributed by atoms with Crippen molar-refractivity contribution in [3.05, 3.63) is 48.7 Å². The van der Waals surface area contributed by atoms with Gasteiger partial charge in [-0.25, -0.2) is 9.50 Å². The third-order valence-electron chi connectivity index (χ3n) is 4.14. The predicted octanol–water partition coefficient (Wildman–Crippen LogP) is 3.91. The van der Waals surface area contributed by atoms with Gasteiger partial charge in [-0.3, -0.25) is 0 Å². The number of furan rings is 1. The molecule has 0 spiro atoms. The van der Waals surface area contributed by atoms with Gasteiger partial charge in [0.15, 0.2) is 11.4 Å². The monoisotopic (exact) mass is 350 g/mol. The van der Waals surface area contributed by atoms with Gasteiger partial charge in [0.05, 0.1) is 12.8 Å². The number of hydrogen-bond acceptors (Lipinski definition) is 5. The summed E-state index contributed by atoms with van der Waals surface area (Å²) in [6, 6.07) is 14.2. The summed E-state index contributed by atoms with van der Waals surface area (Å²) < 4.78 is 13.5. The second-order valence-electron chi connectivity index (χ2n) is 6.54. The van der Waals surface area contributed by atoms with Crippen LogP contribution in [0.5, 0.6) is 5.88 Å². The lowest BCUT2D eigenvalue weighted by Gasteiger charge is -2.09. The van der Waals surface area contributed by atoms with E-state index in [4.69, 9.17) is 9.15 Å². The van der Waals surface area contributed by atoms with Crippen LogP contribution in [0.25, 0.3) is 28.1 Å². The molecule has 6 heteroatoms. The normalized spacial score (nSPS) is 11.7. The van der Waals surface area contributed by atoms with Crippen molar-refractivity contribution >= 4 is 16.6 Å². The largest absolute Gasteiger partial charge is 0.477 e. The van der Waals surface area contributed by atoms with Crippen LogP contribution in [-0.2, 0) is 0 Å². The van der Waals surface area contributed by atoms with Crippen LogP contribution in [0, 0.1) is 0 Å². The minimum absolute atomic E-state index is 0.488. The zero-order valence-corrected chi connectivity index (χ0v) is 15.0. The molecule has 1 N–H and O–H groups in total. The molecule has 6 nitrogen and oxygen atoms in total. The van der Waals surface area contributed by atoms with Crippen molar-refractivity contribution in [2.45, 2.75) is 26.3 Å². The standard InChI is InChI=1S/C20H22N4O2/c1-14(2)21-10-5-11-25-20-9-8-19-22-13-16(24(19)23-20)18-12-15-6-3-4-7-17(15)26-18/h3-4,6-9,12-14,21H,5,10-11H2,1-2H3. The molecule has 3 heterocycles. The van der Waals surface area contributed by atoms with Gasteiger partial charge in [0, 0.05) is 17.5 Å². The van der Waals surface area contributed by atoms with Crippen LogP contribution < -0.4 is 10.1 Å². The van der Waals surface area contributed by atoms with E-state index in [2.05, 4.69) is 29.2 Å². The molecule has 0 saturated heterocycles. The molecule has 0 aliphatic rings. The summed E-state index contributed by atoms with van der Waals surface area (Å²) in [6.45, 7) is 5.81. The van der Waals surface area contributed by atoms with Gasteiger partial charge >= 0.3 is 0 Å². The van der Waals surface area contributed by atoms with E-state index in [9.17, 15) is 0 Å². The first-order valence-electron chi connectivity index (χ1n) is 8.90. The molecule has 0 amide bonds. The molecule has 134 valence electrons. The van der Waals surface area contributed by atoms with Crippen LogP contribution in [-0.4, -0.2) is 33.8 Å². The summed E-state index contributed by atoms with van der Waals surface area (Å²) >= 11 is 0. The number of nitrogens with one attached hydrogen (secondary N) is 1. The molecular weight excluding hydrogens is 328 g/mol. The number of rotatable bonds is 7. The highest BCUT2D eigenvalue weighted by atomic mass is 16.5. The number of para-hydroxylation sites is 1. The van der Waals surface area contributed by atoms with Crippen molar-refractivity contribution in [3.8, 4) is 17.3 Å². The summed E-state index contributed by atoms with van der Waals surface area (Å²) in [4.78, 5) is 4.41. The van der Waals surface area contributed by atoms with Crippen molar-refractivity contribution in [1.82, 2.24) is 19.9 Å². The van der Waals surface area contributed by atoms with E-state index in [-0.39, 0.29) is 0 Å². The van der Waals surface area contributed by atoms with Crippen molar-refractivity contribution in [3.63, 3.8) is 0 Å². The molecule has 0 unspecified atom stereocenters. The highest BCUT2D eigenvalue weighted by molar-refractivity contribution is 5.82. The van der Waals surface area contributed by atoms with Crippen molar-refractivity contribution in [2.75, 3.05) is 13.2 Å². The summed E-state index contributed by atoms with van der Waals surface area (Å²) in [6.07, 6.45) is 2.70. The van der Waals surface area contributed by atoms with Gasteiger partial charge in [0.25, 0.3) is 0 Å². The number of imidazole rings is 1. The Morgan fingerprint density at radius 1 is 1.19 bits per heavy atom. The Bertz CT molecular complexity index is 986. The van der Waals surface area contributed by atoms with Crippen molar-refractivity contribution in [2.24, 2.45) is 0 Å². The van der Waals surface area contributed by atoms with Gasteiger partial charge in [0.1, 0.15) is 11.3 Å². The summed E-state index contributed by atoms with van der Waals surface area (Å²) in [5, 5.41) is 9.00. The molecule has 0 radical (unpaired) electrons. The Balaban J connectivity index is 1.55. The van der Waals surface area contributed by atoms with Gasteiger partial charge in [-0.2, -0.15) is 0 Å². The molecule has 3 aromatic heterocycles. The number of nitrogens with zero attached hydrogens (tertiary/aromatic N) is 3. The van der Waals surface area contributed by atoms with E-state index in [0.29, 0.717) is 18.5 Å². The number of fused-ring (bicyclic) bond motifs is 2. The van der Waals surface area contributed by atoms with Crippen molar-refractivity contribution in [1.29, 1.82) is 0 Å². The summed E-state index contributed by atoms with van der Waals surface area (Å²) in [7, 11) is 0. The molecule has 1 aromatic carbocycles. The van der Waals surface area contributed by atoms with E-state index in [1.54, 1.807) is 10.7 Å². The molecule has 0 aliphatic carbocycles. The van der Waals surface area contributed by atoms with Gasteiger partial charge in [-0.05, 0) is 31.2 Å². The zero-order valence-electron chi connectivity index (χ0n) is 15.0. The lowest BCUT2D eigenvalue weighted by molar-refractivity contribution is 0.291. The zero-order chi connectivity index (χ0) is 17.9. The van der Waals surface area contributed by atoms with E-state index in [1.807, 2.05) is 42.5 Å². The van der Waals surface area contributed by atoms with E-state index < -0.39 is 0 Å². The third kappa shape index (κ3) is 3.41. The van der Waals surface area contributed by atoms with Gasteiger partial charge < -0.3 is 14.5 Å². The van der Waals surface area contributed by atoms with E-state index in [1.165, 1.54) is 0 Å². The van der Waals surface area contributed by atoms with Crippen LogP contribution in [0.1, 0.15) is 20.3 Å². The molecule has 26 heavy (non-hydrogen) atoms. The van der Waals surface area contributed by atoms with E-state index >= 15 is 0 Å². The Kier molecular flexibility index (Phi) is 4.58. The SMILES string of the molecule is CC(C)NCCCOc1ccc2ncc(-c3cc4ccccc4o3)n2n1. The number of ether oxygens (including phenoxy) is 1. The highest BCUT2D eigenvalue weighted by Crippen LogP contribution is 2.28. The highest BCUT2D eigenvalue weighted by Gasteiger charge is 2.13. The first-order chi connectivity index (χ1) is 12.7. The quantitative estimate of drug-likeness (QED) is 0.512. The van der Waals surface area contributed by atoms with Crippen LogP contribution in [0.15, 0.2) is 53.1 Å². The van der Waals surface area contributed by atoms with Crippen molar-refractivity contribution < 1.29 is 9.15 Å². The Morgan fingerprint density at radius 2 is 2.08 bits per heavy atom. The first-order valence-corrected chi connectivity index (χ1v) is 8.90. The average Bonchev–Trinajstić information content (AvgIpc) is 3.24. The molecule has 4 aromatic rings. The maximum Gasteiger partial charge on any atom is 0.231 e. The lowest BCUT2D eigenvalue weighted by atomic mass is 10.2. The molecule has 0 fully saturated rings.